The van der Waals surface area contributed by atoms with Gasteiger partial charge in [-0.1, -0.05) is 13.0 Å². The third-order valence-corrected chi connectivity index (χ3v) is 6.72. The number of hydrogen-bond acceptors (Lipinski definition) is 7. The molecule has 2 aliphatic heterocycles. The number of hydrazone groups is 1. The molecule has 3 aromatic rings. The first-order valence-electron chi connectivity index (χ1n) is 12.2. The van der Waals surface area contributed by atoms with E-state index >= 15 is 0 Å². The van der Waals surface area contributed by atoms with Gasteiger partial charge in [0.1, 0.15) is 17.9 Å². The SMILES string of the molecule is CCC1CC(=O)NN=C1c1ccc2nc(-c3ccc(OCCN4CCN(C(=O)O)CC4)cc3)oc2c1. The van der Waals surface area contributed by atoms with Crippen LogP contribution in [0, 0.1) is 5.92 Å². The third kappa shape index (κ3) is 5.18. The molecule has 2 aromatic carbocycles. The van der Waals surface area contributed by atoms with Crippen LogP contribution in [0.3, 0.4) is 0 Å². The lowest BCUT2D eigenvalue weighted by atomic mass is 9.90. The Morgan fingerprint density at radius 2 is 1.89 bits per heavy atom. The van der Waals surface area contributed by atoms with Gasteiger partial charge in [-0.3, -0.25) is 9.69 Å². The van der Waals surface area contributed by atoms with Crippen molar-refractivity contribution in [3.8, 4) is 17.2 Å². The van der Waals surface area contributed by atoms with Crippen LogP contribution in [0.4, 0.5) is 4.79 Å². The van der Waals surface area contributed by atoms with Crippen molar-refractivity contribution in [1.29, 1.82) is 0 Å². The lowest BCUT2D eigenvalue weighted by Crippen LogP contribution is -2.49. The average Bonchev–Trinajstić information content (AvgIpc) is 3.33. The second-order valence-electron chi connectivity index (χ2n) is 9.03. The van der Waals surface area contributed by atoms with Gasteiger partial charge >= 0.3 is 6.09 Å². The first-order valence-corrected chi connectivity index (χ1v) is 12.2. The van der Waals surface area contributed by atoms with E-state index in [1.807, 2.05) is 42.5 Å². The second-order valence-corrected chi connectivity index (χ2v) is 9.03. The Kier molecular flexibility index (Phi) is 6.86. The first-order chi connectivity index (χ1) is 17.5. The topological polar surface area (TPSA) is 120 Å². The fourth-order valence-corrected chi connectivity index (χ4v) is 4.57. The molecule has 0 spiro atoms. The summed E-state index contributed by atoms with van der Waals surface area (Å²) in [5.74, 6) is 1.31. The van der Waals surface area contributed by atoms with Crippen LogP contribution in [0.5, 0.6) is 5.75 Å². The van der Waals surface area contributed by atoms with Gasteiger partial charge in [-0.2, -0.15) is 5.10 Å². The monoisotopic (exact) mass is 491 g/mol. The highest BCUT2D eigenvalue weighted by Gasteiger charge is 2.25. The molecule has 2 N–H and O–H groups in total. The third-order valence-electron chi connectivity index (χ3n) is 6.72. The Morgan fingerprint density at radius 3 is 2.61 bits per heavy atom. The van der Waals surface area contributed by atoms with Gasteiger partial charge < -0.3 is 19.2 Å². The number of nitrogens with one attached hydrogen (secondary N) is 1. The number of carboxylic acid groups (broad SMARTS) is 1. The molecule has 1 unspecified atom stereocenters. The molecule has 2 aliphatic rings. The highest BCUT2D eigenvalue weighted by atomic mass is 16.5. The fraction of sp³-hybridized carbons (Fsp3) is 0.385. The van der Waals surface area contributed by atoms with E-state index in [0.717, 1.165) is 54.2 Å². The number of rotatable bonds is 7. The smallest absolute Gasteiger partial charge is 0.407 e. The molecule has 3 heterocycles. The molecule has 1 atom stereocenters. The van der Waals surface area contributed by atoms with Crippen molar-refractivity contribution in [2.75, 3.05) is 39.3 Å². The quantitative estimate of drug-likeness (QED) is 0.520. The maximum atomic E-state index is 11.7. The second kappa shape index (κ2) is 10.4. The van der Waals surface area contributed by atoms with Crippen molar-refractivity contribution in [3.63, 3.8) is 0 Å². The Balaban J connectivity index is 1.20. The largest absolute Gasteiger partial charge is 0.492 e. The van der Waals surface area contributed by atoms with Crippen LogP contribution in [0.2, 0.25) is 0 Å². The molecule has 2 amide bonds. The molecule has 1 saturated heterocycles. The van der Waals surface area contributed by atoms with Crippen molar-refractivity contribution in [1.82, 2.24) is 20.2 Å². The summed E-state index contributed by atoms with van der Waals surface area (Å²) in [6.07, 6.45) is 0.413. The highest BCUT2D eigenvalue weighted by Crippen LogP contribution is 2.28. The molecule has 0 aliphatic carbocycles. The van der Waals surface area contributed by atoms with E-state index in [-0.39, 0.29) is 11.8 Å². The number of amides is 2. The molecule has 0 bridgehead atoms. The van der Waals surface area contributed by atoms with Crippen molar-refractivity contribution >= 4 is 28.8 Å². The summed E-state index contributed by atoms with van der Waals surface area (Å²) in [5.41, 5.74) is 6.64. The predicted octanol–water partition coefficient (Wildman–Crippen LogP) is 3.42. The van der Waals surface area contributed by atoms with Crippen LogP contribution in [-0.4, -0.2) is 76.9 Å². The molecule has 0 saturated carbocycles. The molecule has 5 rings (SSSR count). The van der Waals surface area contributed by atoms with Gasteiger partial charge in [-0.25, -0.2) is 15.2 Å². The Labute approximate surface area is 208 Å². The van der Waals surface area contributed by atoms with Crippen LogP contribution >= 0.6 is 0 Å². The molecule has 10 heteroatoms. The number of nitrogens with zero attached hydrogens (tertiary/aromatic N) is 4. The number of aromatic nitrogens is 1. The van der Waals surface area contributed by atoms with E-state index in [9.17, 15) is 9.59 Å². The zero-order valence-corrected chi connectivity index (χ0v) is 20.1. The number of ether oxygens (including phenoxy) is 1. The minimum Gasteiger partial charge on any atom is -0.492 e. The molecule has 188 valence electrons. The standard InChI is InChI=1S/C26H29N5O5/c1-2-17-16-23(32)28-29-24(17)19-5-8-21-22(15-19)36-25(27-21)18-3-6-20(7-4-18)35-14-13-30-9-11-31(12-10-30)26(33)34/h3-8,15,17H,2,9-14,16H2,1H3,(H,28,32)(H,33,34). The lowest BCUT2D eigenvalue weighted by Gasteiger charge is -2.32. The number of oxazole rings is 1. The number of piperazine rings is 1. The van der Waals surface area contributed by atoms with Gasteiger partial charge in [-0.15, -0.1) is 0 Å². The van der Waals surface area contributed by atoms with E-state index in [1.54, 1.807) is 0 Å². The zero-order valence-electron chi connectivity index (χ0n) is 20.1. The lowest BCUT2D eigenvalue weighted by molar-refractivity contribution is -0.122. The van der Waals surface area contributed by atoms with Crippen molar-refractivity contribution in [3.05, 3.63) is 48.0 Å². The summed E-state index contributed by atoms with van der Waals surface area (Å²) in [6, 6.07) is 13.4. The highest BCUT2D eigenvalue weighted by molar-refractivity contribution is 6.07. The number of carbonyl (C=O) groups is 2. The summed E-state index contributed by atoms with van der Waals surface area (Å²) in [6.45, 7) is 5.82. The number of carbonyl (C=O) groups excluding carboxylic acids is 1. The average molecular weight is 492 g/mol. The van der Waals surface area contributed by atoms with Gasteiger partial charge in [0.2, 0.25) is 11.8 Å². The first kappa shape index (κ1) is 23.8. The summed E-state index contributed by atoms with van der Waals surface area (Å²) < 4.78 is 11.9. The minimum absolute atomic E-state index is 0.0559. The summed E-state index contributed by atoms with van der Waals surface area (Å²) in [5, 5.41) is 13.3. The van der Waals surface area contributed by atoms with Gasteiger partial charge in [0.05, 0.1) is 5.71 Å². The molecular formula is C26H29N5O5. The van der Waals surface area contributed by atoms with Gasteiger partial charge in [0.25, 0.3) is 0 Å². The van der Waals surface area contributed by atoms with E-state index in [4.69, 9.17) is 14.3 Å². The maximum Gasteiger partial charge on any atom is 0.407 e. The van der Waals surface area contributed by atoms with Crippen LogP contribution in [-0.2, 0) is 4.79 Å². The molecule has 10 nitrogen and oxygen atoms in total. The minimum atomic E-state index is -0.857. The summed E-state index contributed by atoms with van der Waals surface area (Å²) >= 11 is 0. The maximum absolute atomic E-state index is 11.7. The van der Waals surface area contributed by atoms with E-state index < -0.39 is 6.09 Å². The number of benzene rings is 2. The molecular weight excluding hydrogens is 462 g/mol. The Morgan fingerprint density at radius 1 is 1.14 bits per heavy atom. The van der Waals surface area contributed by atoms with E-state index in [1.165, 1.54) is 4.90 Å². The Hall–Kier alpha value is -3.92. The van der Waals surface area contributed by atoms with Crippen LogP contribution in [0.15, 0.2) is 52.0 Å². The predicted molar refractivity (Wildman–Crippen MR) is 134 cm³/mol. The van der Waals surface area contributed by atoms with E-state index in [2.05, 4.69) is 27.3 Å². The molecule has 36 heavy (non-hydrogen) atoms. The van der Waals surface area contributed by atoms with Crippen LogP contribution in [0.1, 0.15) is 25.3 Å². The molecule has 1 fully saturated rings. The van der Waals surface area contributed by atoms with E-state index in [0.29, 0.717) is 37.6 Å². The zero-order chi connectivity index (χ0) is 25.1. The van der Waals surface area contributed by atoms with Crippen molar-refractivity contribution in [2.24, 2.45) is 11.0 Å². The summed E-state index contributed by atoms with van der Waals surface area (Å²) in [7, 11) is 0. The fourth-order valence-electron chi connectivity index (χ4n) is 4.57. The summed E-state index contributed by atoms with van der Waals surface area (Å²) in [4.78, 5) is 31.0. The number of fused-ring (bicyclic) bond motifs is 1. The van der Waals surface area contributed by atoms with Crippen LogP contribution in [0.25, 0.3) is 22.6 Å². The number of hydrogen-bond donors (Lipinski definition) is 2. The van der Waals surface area contributed by atoms with Gasteiger partial charge in [0, 0.05) is 56.2 Å². The van der Waals surface area contributed by atoms with Crippen LogP contribution < -0.4 is 10.2 Å². The van der Waals surface area contributed by atoms with Gasteiger partial charge in [0.15, 0.2) is 5.58 Å². The van der Waals surface area contributed by atoms with Gasteiger partial charge in [-0.05, 0) is 42.8 Å². The van der Waals surface area contributed by atoms with Crippen molar-refractivity contribution in [2.45, 2.75) is 19.8 Å². The molecule has 1 aromatic heterocycles. The van der Waals surface area contributed by atoms with Crippen molar-refractivity contribution < 1.29 is 23.8 Å². The molecule has 0 radical (unpaired) electrons. The Bertz CT molecular complexity index is 1280. The normalized spacial score (nSPS) is 18.7.